The van der Waals surface area contributed by atoms with Gasteiger partial charge in [-0.3, -0.25) is 0 Å². The zero-order valence-electron chi connectivity index (χ0n) is 13.6. The Labute approximate surface area is 127 Å². The summed E-state index contributed by atoms with van der Waals surface area (Å²) in [4.78, 5) is 4.20. The van der Waals surface area contributed by atoms with Gasteiger partial charge in [0.05, 0.1) is 31.4 Å². The van der Waals surface area contributed by atoms with Crippen molar-refractivity contribution < 1.29 is 4.74 Å². The Balaban J connectivity index is 2.22. The van der Waals surface area contributed by atoms with Crippen LogP contribution in [0.2, 0.25) is 0 Å². The van der Waals surface area contributed by atoms with E-state index in [1.54, 1.807) is 7.11 Å². The predicted molar refractivity (Wildman–Crippen MR) is 86.9 cm³/mol. The van der Waals surface area contributed by atoms with Gasteiger partial charge in [-0.15, -0.1) is 0 Å². The molecule has 2 aromatic rings. The number of hydrogen-bond donors (Lipinski definition) is 1. The van der Waals surface area contributed by atoms with Gasteiger partial charge in [0.15, 0.2) is 0 Å². The van der Waals surface area contributed by atoms with Crippen molar-refractivity contribution in [3.63, 3.8) is 0 Å². The molecule has 1 aromatic heterocycles. The normalized spacial score (nSPS) is 11.5. The molecule has 1 aromatic carbocycles. The first-order chi connectivity index (χ1) is 9.95. The molecule has 0 spiro atoms. The number of aromatic nitrogens is 2. The number of hydrogen-bond acceptors (Lipinski definition) is 3. The van der Waals surface area contributed by atoms with Gasteiger partial charge >= 0.3 is 0 Å². The molecular weight excluding hydrogens is 262 g/mol. The monoisotopic (exact) mass is 287 g/mol. The highest BCUT2D eigenvalue weighted by Crippen LogP contribution is 2.31. The first kappa shape index (κ1) is 15.4. The van der Waals surface area contributed by atoms with Crippen LogP contribution in [0.25, 0.3) is 0 Å². The van der Waals surface area contributed by atoms with Gasteiger partial charge in [-0.1, -0.05) is 26.8 Å². The molecule has 0 bridgehead atoms. The van der Waals surface area contributed by atoms with Crippen LogP contribution in [0, 0.1) is 0 Å². The summed E-state index contributed by atoms with van der Waals surface area (Å²) in [5.74, 6) is 0.866. The standard InChI is InChI=1S/C17H25N3O/c1-6-20-12-18-10-14(20)11-19-15-9-13(17(2,3)4)7-8-16(15)21-5/h7-10,12,19H,6,11H2,1-5H3. The number of rotatable bonds is 5. The topological polar surface area (TPSA) is 39.1 Å². The number of benzene rings is 1. The van der Waals surface area contributed by atoms with Crippen molar-refractivity contribution in [1.82, 2.24) is 9.55 Å². The largest absolute Gasteiger partial charge is 0.495 e. The molecule has 4 heteroatoms. The minimum Gasteiger partial charge on any atom is -0.495 e. The van der Waals surface area contributed by atoms with Crippen molar-refractivity contribution in [2.45, 2.75) is 46.2 Å². The van der Waals surface area contributed by atoms with Crippen LogP contribution < -0.4 is 10.1 Å². The third kappa shape index (κ3) is 3.57. The Hall–Kier alpha value is -1.97. The minimum absolute atomic E-state index is 0.119. The zero-order chi connectivity index (χ0) is 15.5. The molecule has 1 N–H and O–H groups in total. The lowest BCUT2D eigenvalue weighted by molar-refractivity contribution is 0.416. The number of ether oxygens (including phenoxy) is 1. The van der Waals surface area contributed by atoms with Crippen LogP contribution in [0.3, 0.4) is 0 Å². The summed E-state index contributed by atoms with van der Waals surface area (Å²) >= 11 is 0. The van der Waals surface area contributed by atoms with Crippen LogP contribution in [0.1, 0.15) is 39.0 Å². The summed E-state index contributed by atoms with van der Waals surface area (Å²) < 4.78 is 7.59. The average molecular weight is 287 g/mol. The average Bonchev–Trinajstić information content (AvgIpc) is 2.91. The molecule has 0 saturated heterocycles. The lowest BCUT2D eigenvalue weighted by Crippen LogP contribution is -2.12. The van der Waals surface area contributed by atoms with Crippen molar-refractivity contribution in [3.05, 3.63) is 42.0 Å². The lowest BCUT2D eigenvalue weighted by atomic mass is 9.87. The number of anilines is 1. The van der Waals surface area contributed by atoms with Crippen molar-refractivity contribution in [1.29, 1.82) is 0 Å². The quantitative estimate of drug-likeness (QED) is 0.908. The van der Waals surface area contributed by atoms with Gasteiger partial charge in [0.25, 0.3) is 0 Å². The van der Waals surface area contributed by atoms with Gasteiger partial charge in [-0.2, -0.15) is 0 Å². The zero-order valence-corrected chi connectivity index (χ0v) is 13.6. The van der Waals surface area contributed by atoms with Crippen molar-refractivity contribution in [3.8, 4) is 5.75 Å². The minimum atomic E-state index is 0.119. The van der Waals surface area contributed by atoms with Gasteiger partial charge in [0.1, 0.15) is 5.75 Å². The van der Waals surface area contributed by atoms with E-state index in [2.05, 4.69) is 54.7 Å². The summed E-state index contributed by atoms with van der Waals surface area (Å²) in [6, 6.07) is 6.33. The first-order valence-corrected chi connectivity index (χ1v) is 7.37. The first-order valence-electron chi connectivity index (χ1n) is 7.37. The highest BCUT2D eigenvalue weighted by molar-refractivity contribution is 5.59. The fourth-order valence-corrected chi connectivity index (χ4v) is 2.28. The molecule has 1 heterocycles. The second-order valence-corrected chi connectivity index (χ2v) is 6.19. The molecule has 4 nitrogen and oxygen atoms in total. The van der Waals surface area contributed by atoms with Crippen LogP contribution in [0.4, 0.5) is 5.69 Å². The van der Waals surface area contributed by atoms with Gasteiger partial charge in [-0.05, 0) is 30.0 Å². The molecule has 0 unspecified atom stereocenters. The second kappa shape index (κ2) is 6.20. The van der Waals surface area contributed by atoms with E-state index in [-0.39, 0.29) is 5.41 Å². The Morgan fingerprint density at radius 2 is 2.05 bits per heavy atom. The number of aryl methyl sites for hydroxylation is 1. The molecule has 0 saturated carbocycles. The molecule has 0 aliphatic carbocycles. The van der Waals surface area contributed by atoms with E-state index in [0.717, 1.165) is 24.5 Å². The fourth-order valence-electron chi connectivity index (χ4n) is 2.28. The molecule has 0 amide bonds. The van der Waals surface area contributed by atoms with Crippen LogP contribution >= 0.6 is 0 Å². The number of nitrogens with zero attached hydrogens (tertiary/aromatic N) is 2. The predicted octanol–water partition coefficient (Wildman–Crippen LogP) is 3.82. The maximum atomic E-state index is 5.45. The number of imidazole rings is 1. The van der Waals surface area contributed by atoms with Crippen molar-refractivity contribution in [2.24, 2.45) is 0 Å². The van der Waals surface area contributed by atoms with Crippen LogP contribution in [0.5, 0.6) is 5.75 Å². The van der Waals surface area contributed by atoms with Gasteiger partial charge < -0.3 is 14.6 Å². The van der Waals surface area contributed by atoms with Crippen molar-refractivity contribution in [2.75, 3.05) is 12.4 Å². The SMILES string of the molecule is CCn1cncc1CNc1cc(C(C)(C)C)ccc1OC. The van der Waals surface area contributed by atoms with E-state index < -0.39 is 0 Å². The van der Waals surface area contributed by atoms with E-state index in [1.807, 2.05) is 18.6 Å². The number of nitrogens with one attached hydrogen (secondary N) is 1. The molecular formula is C17H25N3O. The maximum absolute atomic E-state index is 5.45. The van der Waals surface area contributed by atoms with E-state index in [9.17, 15) is 0 Å². The molecule has 114 valence electrons. The molecule has 0 atom stereocenters. The molecule has 0 aliphatic rings. The summed E-state index contributed by atoms with van der Waals surface area (Å²) in [6.07, 6.45) is 3.76. The Bertz CT molecular complexity index is 596. The fraction of sp³-hybridized carbons (Fsp3) is 0.471. The van der Waals surface area contributed by atoms with E-state index in [4.69, 9.17) is 4.74 Å². The Morgan fingerprint density at radius 1 is 1.29 bits per heavy atom. The third-order valence-electron chi connectivity index (χ3n) is 3.66. The molecule has 0 fully saturated rings. The molecule has 0 aliphatic heterocycles. The van der Waals surface area contributed by atoms with E-state index >= 15 is 0 Å². The van der Waals surface area contributed by atoms with Crippen LogP contribution in [0.15, 0.2) is 30.7 Å². The van der Waals surface area contributed by atoms with Gasteiger partial charge in [-0.25, -0.2) is 4.98 Å². The highest BCUT2D eigenvalue weighted by atomic mass is 16.5. The summed E-state index contributed by atoms with van der Waals surface area (Å²) in [5, 5.41) is 3.47. The second-order valence-electron chi connectivity index (χ2n) is 6.19. The maximum Gasteiger partial charge on any atom is 0.141 e. The molecule has 0 radical (unpaired) electrons. The lowest BCUT2D eigenvalue weighted by Gasteiger charge is -2.21. The summed E-state index contributed by atoms with van der Waals surface area (Å²) in [7, 11) is 1.70. The van der Waals surface area contributed by atoms with E-state index in [0.29, 0.717) is 0 Å². The molecule has 21 heavy (non-hydrogen) atoms. The third-order valence-corrected chi connectivity index (χ3v) is 3.66. The Kier molecular flexibility index (Phi) is 4.56. The van der Waals surface area contributed by atoms with Gasteiger partial charge in [0, 0.05) is 12.7 Å². The highest BCUT2D eigenvalue weighted by Gasteiger charge is 2.16. The van der Waals surface area contributed by atoms with Crippen LogP contribution in [-0.2, 0) is 18.5 Å². The summed E-state index contributed by atoms with van der Waals surface area (Å²) in [5.41, 5.74) is 3.60. The van der Waals surface area contributed by atoms with Crippen LogP contribution in [-0.4, -0.2) is 16.7 Å². The smallest absolute Gasteiger partial charge is 0.141 e. The van der Waals surface area contributed by atoms with Gasteiger partial charge in [0.2, 0.25) is 0 Å². The van der Waals surface area contributed by atoms with Crippen molar-refractivity contribution >= 4 is 5.69 Å². The summed E-state index contributed by atoms with van der Waals surface area (Å²) in [6.45, 7) is 10.4. The molecule has 2 rings (SSSR count). The van der Waals surface area contributed by atoms with E-state index in [1.165, 1.54) is 11.3 Å². The number of methoxy groups -OCH3 is 1. The Morgan fingerprint density at radius 3 is 2.67 bits per heavy atom.